The van der Waals surface area contributed by atoms with Crippen LogP contribution in [0.3, 0.4) is 0 Å². The molecule has 0 heterocycles. The van der Waals surface area contributed by atoms with E-state index in [0.29, 0.717) is 5.69 Å². The second-order valence-electron chi connectivity index (χ2n) is 2.94. The first kappa shape index (κ1) is 14.7. The summed E-state index contributed by atoms with van der Waals surface area (Å²) in [6, 6.07) is 5.57. The number of hydrogen-bond acceptors (Lipinski definition) is 1. The van der Waals surface area contributed by atoms with E-state index in [9.17, 15) is 0 Å². The largest absolute Gasteiger partial charge is 0.370 e. The van der Waals surface area contributed by atoms with Crippen LogP contribution in [-0.4, -0.2) is 11.9 Å². The lowest BCUT2D eigenvalue weighted by molar-refractivity contribution is 1.35. The summed E-state index contributed by atoms with van der Waals surface area (Å²) in [5.74, 6) is -0.0678. The monoisotopic (exact) mass is 305 g/mol. The van der Waals surface area contributed by atoms with Gasteiger partial charge in [-0.3, -0.25) is 0 Å². The van der Waals surface area contributed by atoms with Gasteiger partial charge in [-0.2, -0.15) is 4.99 Å². The Morgan fingerprint density at radius 3 is 2.38 bits per heavy atom. The van der Waals surface area contributed by atoms with Crippen LogP contribution >= 0.6 is 28.3 Å². The zero-order valence-corrected chi connectivity index (χ0v) is 11.0. The van der Waals surface area contributed by atoms with Crippen LogP contribution in [-0.2, 0) is 0 Å². The van der Waals surface area contributed by atoms with Crippen molar-refractivity contribution < 1.29 is 0 Å². The van der Waals surface area contributed by atoms with Gasteiger partial charge in [0.1, 0.15) is 0 Å². The van der Waals surface area contributed by atoms with E-state index in [-0.39, 0.29) is 24.3 Å². The van der Waals surface area contributed by atoms with Gasteiger partial charge < -0.3 is 17.2 Å². The fourth-order valence-corrected chi connectivity index (χ4v) is 1.23. The van der Waals surface area contributed by atoms with Crippen LogP contribution in [0.1, 0.15) is 5.56 Å². The van der Waals surface area contributed by atoms with Gasteiger partial charge in [0.2, 0.25) is 5.96 Å². The Bertz CT molecular complexity index is 426. The molecule has 88 valence electrons. The Hall–Kier alpha value is -1.27. The number of aliphatic imine (C=N–C) groups is 2. The number of aryl methyl sites for hydroxylation is 1. The minimum atomic E-state index is -0.106. The molecule has 0 bridgehead atoms. The molecule has 1 aromatic rings. The zero-order chi connectivity index (χ0) is 11.4. The quantitative estimate of drug-likeness (QED) is 0.539. The van der Waals surface area contributed by atoms with Crippen molar-refractivity contribution in [3.05, 3.63) is 28.2 Å². The Labute approximate surface area is 108 Å². The molecule has 0 aliphatic carbocycles. The highest BCUT2D eigenvalue weighted by Crippen LogP contribution is 2.21. The molecule has 0 spiro atoms. The van der Waals surface area contributed by atoms with Crippen molar-refractivity contribution in [1.29, 1.82) is 0 Å². The molecule has 0 radical (unpaired) electrons. The van der Waals surface area contributed by atoms with Crippen LogP contribution in [0, 0.1) is 6.92 Å². The van der Waals surface area contributed by atoms with Gasteiger partial charge in [-0.15, -0.1) is 12.4 Å². The number of nitrogens with two attached hydrogens (primary N) is 3. The molecule has 0 aliphatic rings. The lowest BCUT2D eigenvalue weighted by Gasteiger charge is -1.99. The molecule has 1 rings (SSSR count). The van der Waals surface area contributed by atoms with Gasteiger partial charge in [-0.25, -0.2) is 4.99 Å². The van der Waals surface area contributed by atoms with Crippen LogP contribution in [0.15, 0.2) is 32.7 Å². The summed E-state index contributed by atoms with van der Waals surface area (Å²) in [4.78, 5) is 7.64. The normalized spacial score (nSPS) is 10.5. The van der Waals surface area contributed by atoms with Gasteiger partial charge in [-0.1, -0.05) is 15.9 Å². The Balaban J connectivity index is 0.00000225. The fourth-order valence-electron chi connectivity index (χ4n) is 0.988. The first-order chi connectivity index (χ1) is 6.99. The van der Waals surface area contributed by atoms with E-state index < -0.39 is 0 Å². The number of nitrogens with zero attached hydrogens (tertiary/aromatic N) is 2. The SMILES string of the molecule is Cc1cc(N=C(N)N=C(N)N)ccc1Br.Cl. The summed E-state index contributed by atoms with van der Waals surface area (Å²) >= 11 is 3.39. The molecular weight excluding hydrogens is 293 g/mol. The maximum Gasteiger partial charge on any atom is 0.223 e. The van der Waals surface area contributed by atoms with Gasteiger partial charge in [0.05, 0.1) is 5.69 Å². The second kappa shape index (κ2) is 6.34. The summed E-state index contributed by atoms with van der Waals surface area (Å²) in [5.41, 5.74) is 17.6. The van der Waals surface area contributed by atoms with Crippen molar-refractivity contribution >= 4 is 45.9 Å². The third-order valence-corrected chi connectivity index (χ3v) is 2.52. The predicted octanol–water partition coefficient (Wildman–Crippen LogP) is 1.40. The highest BCUT2D eigenvalue weighted by Gasteiger charge is 1.97. The van der Waals surface area contributed by atoms with Gasteiger partial charge >= 0.3 is 0 Å². The lowest BCUT2D eigenvalue weighted by atomic mass is 10.2. The van der Waals surface area contributed by atoms with Crippen molar-refractivity contribution in [3.8, 4) is 0 Å². The summed E-state index contributed by atoms with van der Waals surface area (Å²) < 4.78 is 1.02. The summed E-state index contributed by atoms with van der Waals surface area (Å²) in [7, 11) is 0. The molecule has 0 atom stereocenters. The third kappa shape index (κ3) is 4.50. The number of hydrogen-bond donors (Lipinski definition) is 3. The van der Waals surface area contributed by atoms with E-state index in [4.69, 9.17) is 17.2 Å². The van der Waals surface area contributed by atoms with Gasteiger partial charge in [0.25, 0.3) is 0 Å². The van der Waals surface area contributed by atoms with Gasteiger partial charge in [0, 0.05) is 4.47 Å². The van der Waals surface area contributed by atoms with E-state index in [1.54, 1.807) is 0 Å². The smallest absolute Gasteiger partial charge is 0.223 e. The molecule has 0 aromatic heterocycles. The van der Waals surface area contributed by atoms with E-state index in [0.717, 1.165) is 10.0 Å². The average Bonchev–Trinajstić information content (AvgIpc) is 2.10. The predicted molar refractivity (Wildman–Crippen MR) is 73.2 cm³/mol. The van der Waals surface area contributed by atoms with Gasteiger partial charge in [0.15, 0.2) is 5.96 Å². The fraction of sp³-hybridized carbons (Fsp3) is 0.111. The molecule has 0 amide bonds. The van der Waals surface area contributed by atoms with Crippen LogP contribution in [0.25, 0.3) is 0 Å². The number of halogens is 2. The van der Waals surface area contributed by atoms with Crippen molar-refractivity contribution in [2.45, 2.75) is 6.92 Å². The Morgan fingerprint density at radius 2 is 1.88 bits per heavy atom. The van der Waals surface area contributed by atoms with E-state index >= 15 is 0 Å². The Morgan fingerprint density at radius 1 is 1.25 bits per heavy atom. The molecular formula is C9H13BrClN5. The molecule has 7 heteroatoms. The van der Waals surface area contributed by atoms with Crippen molar-refractivity contribution in [2.24, 2.45) is 27.2 Å². The van der Waals surface area contributed by atoms with Gasteiger partial charge in [-0.05, 0) is 30.7 Å². The first-order valence-corrected chi connectivity index (χ1v) is 4.98. The molecule has 1 aromatic carbocycles. The van der Waals surface area contributed by atoms with Crippen molar-refractivity contribution in [2.75, 3.05) is 0 Å². The summed E-state index contributed by atoms with van der Waals surface area (Å²) in [5, 5.41) is 0. The second-order valence-corrected chi connectivity index (χ2v) is 3.79. The number of benzene rings is 1. The average molecular weight is 307 g/mol. The molecule has 5 nitrogen and oxygen atoms in total. The van der Waals surface area contributed by atoms with Crippen LogP contribution < -0.4 is 17.2 Å². The summed E-state index contributed by atoms with van der Waals surface area (Å²) in [6.07, 6.45) is 0. The van der Waals surface area contributed by atoms with Crippen molar-refractivity contribution in [1.82, 2.24) is 0 Å². The highest BCUT2D eigenvalue weighted by molar-refractivity contribution is 9.10. The van der Waals surface area contributed by atoms with E-state index in [1.807, 2.05) is 25.1 Å². The maximum atomic E-state index is 5.49. The minimum absolute atomic E-state index is 0. The molecule has 16 heavy (non-hydrogen) atoms. The van der Waals surface area contributed by atoms with Crippen LogP contribution in [0.5, 0.6) is 0 Å². The molecule has 6 N–H and O–H groups in total. The standard InChI is InChI=1S/C9H12BrN5.ClH/c1-5-4-6(2-3-7(5)10)14-9(13)15-8(11)12;/h2-4H,1H3,(H6,11,12,13,14,15);1H. The topological polar surface area (TPSA) is 103 Å². The number of guanidine groups is 2. The summed E-state index contributed by atoms with van der Waals surface area (Å²) in [6.45, 7) is 1.96. The lowest BCUT2D eigenvalue weighted by Crippen LogP contribution is -2.26. The third-order valence-electron chi connectivity index (χ3n) is 1.63. The molecule has 0 unspecified atom stereocenters. The highest BCUT2D eigenvalue weighted by atomic mass is 79.9. The van der Waals surface area contributed by atoms with Crippen LogP contribution in [0.2, 0.25) is 0 Å². The van der Waals surface area contributed by atoms with E-state index in [2.05, 4.69) is 25.9 Å². The first-order valence-electron chi connectivity index (χ1n) is 4.19. The zero-order valence-electron chi connectivity index (χ0n) is 8.64. The van der Waals surface area contributed by atoms with E-state index in [1.165, 1.54) is 0 Å². The molecule has 0 saturated heterocycles. The minimum Gasteiger partial charge on any atom is -0.370 e. The molecule has 0 aliphatic heterocycles. The number of rotatable bonds is 1. The Kier molecular flexibility index (Phi) is 5.84. The van der Waals surface area contributed by atoms with Crippen LogP contribution in [0.4, 0.5) is 5.69 Å². The maximum absolute atomic E-state index is 5.49. The molecule has 0 saturated carbocycles. The van der Waals surface area contributed by atoms with Crippen molar-refractivity contribution in [3.63, 3.8) is 0 Å². The molecule has 0 fully saturated rings.